The first kappa shape index (κ1) is 10.7. The summed E-state index contributed by atoms with van der Waals surface area (Å²) in [5, 5.41) is 8.79. The van der Waals surface area contributed by atoms with E-state index in [1.807, 2.05) is 24.5 Å². The van der Waals surface area contributed by atoms with Gasteiger partial charge in [0.2, 0.25) is 0 Å². The van der Waals surface area contributed by atoms with E-state index in [9.17, 15) is 0 Å². The molecule has 16 heavy (non-hydrogen) atoms. The van der Waals surface area contributed by atoms with Gasteiger partial charge in [0.05, 0.1) is 29.0 Å². The largest absolute Gasteiger partial charge is 0.331 e. The molecule has 2 aromatic rings. The van der Waals surface area contributed by atoms with Gasteiger partial charge in [0.25, 0.3) is 0 Å². The zero-order chi connectivity index (χ0) is 11.4. The van der Waals surface area contributed by atoms with E-state index in [2.05, 4.69) is 22.5 Å². The fourth-order valence-corrected chi connectivity index (χ4v) is 1.84. The molecule has 0 bridgehead atoms. The predicted molar refractivity (Wildman–Crippen MR) is 64.0 cm³/mol. The molecule has 0 fully saturated rings. The van der Waals surface area contributed by atoms with Crippen LogP contribution in [0.4, 0.5) is 0 Å². The maximum atomic E-state index is 8.79. The van der Waals surface area contributed by atoms with Crippen LogP contribution in [0.1, 0.15) is 31.7 Å². The summed E-state index contributed by atoms with van der Waals surface area (Å²) < 4.78 is 2.16. The highest BCUT2D eigenvalue weighted by Crippen LogP contribution is 2.15. The van der Waals surface area contributed by atoms with E-state index < -0.39 is 0 Å². The number of nitriles is 1. The summed E-state index contributed by atoms with van der Waals surface area (Å²) in [6, 6.07) is 7.80. The third kappa shape index (κ3) is 2.06. The maximum Gasteiger partial charge on any atom is 0.0992 e. The van der Waals surface area contributed by atoms with Crippen molar-refractivity contribution >= 4 is 11.0 Å². The number of rotatable bonds is 4. The zero-order valence-corrected chi connectivity index (χ0v) is 9.48. The number of aryl methyl sites for hydroxylation is 1. The quantitative estimate of drug-likeness (QED) is 0.732. The first-order valence-corrected chi connectivity index (χ1v) is 5.70. The lowest BCUT2D eigenvalue weighted by Crippen LogP contribution is -1.95. The lowest BCUT2D eigenvalue weighted by Gasteiger charge is -2.02. The average Bonchev–Trinajstić information content (AvgIpc) is 2.72. The summed E-state index contributed by atoms with van der Waals surface area (Å²) in [5.74, 6) is 0. The number of fused-ring (bicyclic) bond motifs is 1. The van der Waals surface area contributed by atoms with Crippen LogP contribution >= 0.6 is 0 Å². The standard InChI is InChI=1S/C13H15N3/c1-2-3-4-7-16-10-15-12-8-11(9-14)5-6-13(12)16/h5-6,8,10H,2-4,7H2,1H3. The number of hydrogen-bond donors (Lipinski definition) is 0. The Morgan fingerprint density at radius 2 is 2.25 bits per heavy atom. The minimum Gasteiger partial charge on any atom is -0.331 e. The van der Waals surface area contributed by atoms with Crippen LogP contribution in [0.15, 0.2) is 24.5 Å². The average molecular weight is 213 g/mol. The van der Waals surface area contributed by atoms with Gasteiger partial charge in [0.1, 0.15) is 0 Å². The van der Waals surface area contributed by atoms with Crippen LogP contribution in [0.3, 0.4) is 0 Å². The summed E-state index contributed by atoms with van der Waals surface area (Å²) >= 11 is 0. The van der Waals surface area contributed by atoms with Crippen LogP contribution < -0.4 is 0 Å². The molecule has 0 radical (unpaired) electrons. The van der Waals surface area contributed by atoms with E-state index in [1.165, 1.54) is 19.3 Å². The molecule has 1 aromatic heterocycles. The summed E-state index contributed by atoms with van der Waals surface area (Å²) in [7, 11) is 0. The van der Waals surface area contributed by atoms with Gasteiger partial charge in [-0.25, -0.2) is 4.98 Å². The van der Waals surface area contributed by atoms with Crippen LogP contribution in [0.5, 0.6) is 0 Å². The predicted octanol–water partition coefficient (Wildman–Crippen LogP) is 3.10. The van der Waals surface area contributed by atoms with Crippen molar-refractivity contribution in [3.63, 3.8) is 0 Å². The molecule has 3 heteroatoms. The lowest BCUT2D eigenvalue weighted by atomic mass is 10.2. The molecular formula is C13H15N3. The first-order valence-electron chi connectivity index (χ1n) is 5.70. The molecule has 3 nitrogen and oxygen atoms in total. The second-order valence-electron chi connectivity index (χ2n) is 3.96. The molecule has 1 aromatic carbocycles. The lowest BCUT2D eigenvalue weighted by molar-refractivity contribution is 0.613. The molecule has 82 valence electrons. The minimum absolute atomic E-state index is 0.673. The van der Waals surface area contributed by atoms with Gasteiger partial charge in [0.15, 0.2) is 0 Å². The fraction of sp³-hybridized carbons (Fsp3) is 0.385. The molecule has 0 aliphatic heterocycles. The monoisotopic (exact) mass is 213 g/mol. The number of benzene rings is 1. The summed E-state index contributed by atoms with van der Waals surface area (Å²) in [6.07, 6.45) is 5.52. The Morgan fingerprint density at radius 1 is 1.38 bits per heavy atom. The van der Waals surface area contributed by atoms with Gasteiger partial charge in [0, 0.05) is 6.54 Å². The topological polar surface area (TPSA) is 41.6 Å². The normalized spacial score (nSPS) is 10.5. The maximum absolute atomic E-state index is 8.79. The second kappa shape index (κ2) is 4.80. The van der Waals surface area contributed by atoms with Crippen molar-refractivity contribution in [2.45, 2.75) is 32.7 Å². The summed E-state index contributed by atoms with van der Waals surface area (Å²) in [6.45, 7) is 3.21. The van der Waals surface area contributed by atoms with Crippen LogP contribution in [0.25, 0.3) is 11.0 Å². The molecule has 0 spiro atoms. The van der Waals surface area contributed by atoms with E-state index in [1.54, 1.807) is 0 Å². The Morgan fingerprint density at radius 3 is 3.00 bits per heavy atom. The molecule has 0 aliphatic carbocycles. The van der Waals surface area contributed by atoms with Crippen molar-refractivity contribution in [2.24, 2.45) is 0 Å². The third-order valence-corrected chi connectivity index (χ3v) is 2.75. The van der Waals surface area contributed by atoms with E-state index >= 15 is 0 Å². The fourth-order valence-electron chi connectivity index (χ4n) is 1.84. The van der Waals surface area contributed by atoms with Crippen LogP contribution in [0.2, 0.25) is 0 Å². The molecule has 0 aliphatic rings. The van der Waals surface area contributed by atoms with Gasteiger partial charge in [-0.1, -0.05) is 19.8 Å². The Kier molecular flexibility index (Phi) is 3.21. The Bertz CT molecular complexity index is 519. The molecule has 0 amide bonds. The molecule has 0 N–H and O–H groups in total. The highest BCUT2D eigenvalue weighted by Gasteiger charge is 2.02. The molecule has 1 heterocycles. The summed E-state index contributed by atoms with van der Waals surface area (Å²) in [5.41, 5.74) is 2.71. The van der Waals surface area contributed by atoms with E-state index in [0.29, 0.717) is 5.56 Å². The summed E-state index contributed by atoms with van der Waals surface area (Å²) in [4.78, 5) is 4.32. The molecule has 0 saturated heterocycles. The number of aromatic nitrogens is 2. The number of unbranched alkanes of at least 4 members (excludes halogenated alkanes) is 2. The smallest absolute Gasteiger partial charge is 0.0992 e. The third-order valence-electron chi connectivity index (χ3n) is 2.75. The van der Waals surface area contributed by atoms with E-state index in [0.717, 1.165) is 17.6 Å². The highest BCUT2D eigenvalue weighted by atomic mass is 15.0. The Balaban J connectivity index is 2.25. The van der Waals surface area contributed by atoms with Gasteiger partial charge >= 0.3 is 0 Å². The van der Waals surface area contributed by atoms with Crippen molar-refractivity contribution in [2.75, 3.05) is 0 Å². The highest BCUT2D eigenvalue weighted by molar-refractivity contribution is 5.76. The zero-order valence-electron chi connectivity index (χ0n) is 9.48. The van der Waals surface area contributed by atoms with E-state index in [4.69, 9.17) is 5.26 Å². The van der Waals surface area contributed by atoms with Gasteiger partial charge < -0.3 is 4.57 Å². The molecular weight excluding hydrogens is 198 g/mol. The molecule has 0 atom stereocenters. The Hall–Kier alpha value is -1.82. The van der Waals surface area contributed by atoms with Crippen molar-refractivity contribution < 1.29 is 0 Å². The van der Waals surface area contributed by atoms with Crippen molar-refractivity contribution in [3.05, 3.63) is 30.1 Å². The minimum atomic E-state index is 0.673. The van der Waals surface area contributed by atoms with E-state index in [-0.39, 0.29) is 0 Å². The first-order chi connectivity index (χ1) is 7.85. The SMILES string of the molecule is CCCCCn1cnc2cc(C#N)ccc21. The number of hydrogen-bond acceptors (Lipinski definition) is 2. The molecule has 0 saturated carbocycles. The number of imidazole rings is 1. The van der Waals surface area contributed by atoms with Gasteiger partial charge in [-0.2, -0.15) is 5.26 Å². The van der Waals surface area contributed by atoms with Crippen molar-refractivity contribution in [1.82, 2.24) is 9.55 Å². The van der Waals surface area contributed by atoms with Gasteiger partial charge in [-0.15, -0.1) is 0 Å². The van der Waals surface area contributed by atoms with Gasteiger partial charge in [-0.05, 0) is 24.6 Å². The van der Waals surface area contributed by atoms with Gasteiger partial charge in [-0.3, -0.25) is 0 Å². The Labute approximate surface area is 95.3 Å². The molecule has 2 rings (SSSR count). The second-order valence-corrected chi connectivity index (χ2v) is 3.96. The molecule has 0 unspecified atom stereocenters. The van der Waals surface area contributed by atoms with Crippen molar-refractivity contribution in [3.8, 4) is 6.07 Å². The van der Waals surface area contributed by atoms with Crippen LogP contribution in [0, 0.1) is 11.3 Å². The van der Waals surface area contributed by atoms with Crippen LogP contribution in [-0.4, -0.2) is 9.55 Å². The number of nitrogens with zero attached hydrogens (tertiary/aromatic N) is 3. The van der Waals surface area contributed by atoms with Crippen LogP contribution in [-0.2, 0) is 6.54 Å². The van der Waals surface area contributed by atoms with Crippen molar-refractivity contribution in [1.29, 1.82) is 5.26 Å².